The third-order valence-electron chi connectivity index (χ3n) is 5.16. The highest BCUT2D eigenvalue weighted by molar-refractivity contribution is 6.01. The molecule has 0 aromatic carbocycles. The molecule has 1 heteroatoms. The molecule has 0 aliphatic heterocycles. The molecule has 2 rings (SSSR count). The molecule has 19 heavy (non-hydrogen) atoms. The van der Waals surface area contributed by atoms with Crippen LogP contribution in [0.5, 0.6) is 0 Å². The Balaban J connectivity index is 2.34. The number of rotatable bonds is 3. The smallest absolute Gasteiger partial charge is 0.178 e. The number of hydrogen-bond donors (Lipinski definition) is 0. The number of ketones is 1. The van der Waals surface area contributed by atoms with E-state index in [1.807, 2.05) is 6.08 Å². The van der Waals surface area contributed by atoms with E-state index in [-0.39, 0.29) is 11.2 Å². The van der Waals surface area contributed by atoms with Crippen LogP contribution < -0.4 is 0 Å². The van der Waals surface area contributed by atoms with Gasteiger partial charge < -0.3 is 0 Å². The van der Waals surface area contributed by atoms with E-state index >= 15 is 0 Å². The average Bonchev–Trinajstić information content (AvgIpc) is 2.36. The second-order valence-electron chi connectivity index (χ2n) is 6.57. The van der Waals surface area contributed by atoms with Crippen LogP contribution in [0.4, 0.5) is 0 Å². The Bertz CT molecular complexity index is 454. The van der Waals surface area contributed by atoms with E-state index < -0.39 is 0 Å². The van der Waals surface area contributed by atoms with Gasteiger partial charge in [-0.05, 0) is 48.8 Å². The van der Waals surface area contributed by atoms with Gasteiger partial charge in [-0.3, -0.25) is 4.79 Å². The number of carbonyl (C=O) groups is 1. The van der Waals surface area contributed by atoms with Crippen molar-refractivity contribution in [2.75, 3.05) is 0 Å². The van der Waals surface area contributed by atoms with Crippen LogP contribution in [-0.2, 0) is 4.79 Å². The summed E-state index contributed by atoms with van der Waals surface area (Å²) in [7, 11) is 0. The van der Waals surface area contributed by atoms with Gasteiger partial charge in [0.05, 0.1) is 0 Å². The first-order chi connectivity index (χ1) is 8.90. The SMILES string of the molecule is C=C1C(C(C)CCC)C[C@H](C)C2=CC(=O)C=C[C@]12C. The third-order valence-corrected chi connectivity index (χ3v) is 5.16. The zero-order chi connectivity index (χ0) is 14.2. The molecule has 0 aromatic heterocycles. The van der Waals surface area contributed by atoms with Gasteiger partial charge in [0.2, 0.25) is 0 Å². The summed E-state index contributed by atoms with van der Waals surface area (Å²) < 4.78 is 0. The van der Waals surface area contributed by atoms with Gasteiger partial charge in [0, 0.05) is 5.41 Å². The van der Waals surface area contributed by atoms with Crippen LogP contribution in [0.2, 0.25) is 0 Å². The van der Waals surface area contributed by atoms with Crippen molar-refractivity contribution in [3.63, 3.8) is 0 Å². The number of carbonyl (C=O) groups excluding carboxylic acids is 1. The molecule has 0 spiro atoms. The lowest BCUT2D eigenvalue weighted by Crippen LogP contribution is -2.38. The van der Waals surface area contributed by atoms with Gasteiger partial charge in [-0.2, -0.15) is 0 Å². The fraction of sp³-hybridized carbons (Fsp3) is 0.611. The van der Waals surface area contributed by atoms with E-state index in [9.17, 15) is 4.79 Å². The van der Waals surface area contributed by atoms with Crippen LogP contribution in [0.3, 0.4) is 0 Å². The topological polar surface area (TPSA) is 17.1 Å². The summed E-state index contributed by atoms with van der Waals surface area (Å²) in [6.07, 6.45) is 9.27. The molecule has 2 aliphatic rings. The summed E-state index contributed by atoms with van der Waals surface area (Å²) in [4.78, 5) is 11.6. The summed E-state index contributed by atoms with van der Waals surface area (Å²) >= 11 is 0. The van der Waals surface area contributed by atoms with Crippen LogP contribution in [-0.4, -0.2) is 5.78 Å². The second kappa shape index (κ2) is 5.11. The van der Waals surface area contributed by atoms with Crippen LogP contribution in [0.15, 0.2) is 36.0 Å². The van der Waals surface area contributed by atoms with Crippen molar-refractivity contribution in [2.24, 2.45) is 23.2 Å². The predicted octanol–water partition coefficient (Wildman–Crippen LogP) is 4.71. The van der Waals surface area contributed by atoms with E-state index in [2.05, 4.69) is 40.3 Å². The molecule has 1 fully saturated rings. The van der Waals surface area contributed by atoms with E-state index in [1.165, 1.54) is 24.0 Å². The molecule has 0 aromatic rings. The molecule has 104 valence electrons. The Labute approximate surface area is 117 Å². The summed E-state index contributed by atoms with van der Waals surface area (Å²) in [6.45, 7) is 13.5. The van der Waals surface area contributed by atoms with E-state index in [1.54, 1.807) is 6.08 Å². The minimum Gasteiger partial charge on any atom is -0.290 e. The molecule has 0 N–H and O–H groups in total. The maximum Gasteiger partial charge on any atom is 0.178 e. The van der Waals surface area contributed by atoms with Crippen molar-refractivity contribution < 1.29 is 4.79 Å². The Morgan fingerprint density at radius 2 is 2.21 bits per heavy atom. The average molecular weight is 258 g/mol. The largest absolute Gasteiger partial charge is 0.290 e. The highest BCUT2D eigenvalue weighted by Gasteiger charge is 2.44. The molecule has 1 nitrogen and oxygen atoms in total. The maximum absolute atomic E-state index is 11.6. The van der Waals surface area contributed by atoms with E-state index in [0.29, 0.717) is 17.8 Å². The Morgan fingerprint density at radius 3 is 2.84 bits per heavy atom. The first-order valence-electron chi connectivity index (χ1n) is 7.54. The monoisotopic (exact) mass is 258 g/mol. The third kappa shape index (κ3) is 2.35. The lowest BCUT2D eigenvalue weighted by Gasteiger charge is -2.47. The Hall–Kier alpha value is -1.11. The summed E-state index contributed by atoms with van der Waals surface area (Å²) in [5, 5.41) is 0. The van der Waals surface area contributed by atoms with Crippen LogP contribution in [0.25, 0.3) is 0 Å². The predicted molar refractivity (Wildman–Crippen MR) is 80.8 cm³/mol. The molecule has 2 aliphatic carbocycles. The fourth-order valence-electron chi connectivity index (χ4n) is 3.91. The van der Waals surface area contributed by atoms with Crippen LogP contribution >= 0.6 is 0 Å². The molecule has 4 atom stereocenters. The second-order valence-corrected chi connectivity index (χ2v) is 6.57. The van der Waals surface area contributed by atoms with E-state index in [4.69, 9.17) is 0 Å². The summed E-state index contributed by atoms with van der Waals surface area (Å²) in [5.41, 5.74) is 2.48. The number of fused-ring (bicyclic) bond motifs is 1. The maximum atomic E-state index is 11.6. The first kappa shape index (κ1) is 14.3. The highest BCUT2D eigenvalue weighted by atomic mass is 16.1. The van der Waals surface area contributed by atoms with Crippen molar-refractivity contribution in [2.45, 2.75) is 47.0 Å². The molecular weight excluding hydrogens is 232 g/mol. The molecule has 0 heterocycles. The molecule has 0 amide bonds. The minimum absolute atomic E-state index is 0.0990. The van der Waals surface area contributed by atoms with Crippen molar-refractivity contribution in [1.29, 1.82) is 0 Å². The normalized spacial score (nSPS) is 35.9. The van der Waals surface area contributed by atoms with Crippen LogP contribution in [0, 0.1) is 23.2 Å². The van der Waals surface area contributed by atoms with Gasteiger partial charge in [-0.15, -0.1) is 0 Å². The van der Waals surface area contributed by atoms with Gasteiger partial charge in [-0.1, -0.05) is 51.8 Å². The molecule has 1 saturated carbocycles. The molecule has 0 saturated heterocycles. The molecule has 0 radical (unpaired) electrons. The minimum atomic E-state index is -0.0990. The fourth-order valence-corrected chi connectivity index (χ4v) is 3.91. The lowest BCUT2D eigenvalue weighted by atomic mass is 9.57. The van der Waals surface area contributed by atoms with Crippen molar-refractivity contribution in [3.05, 3.63) is 36.0 Å². The first-order valence-corrected chi connectivity index (χ1v) is 7.54. The van der Waals surface area contributed by atoms with Gasteiger partial charge in [0.25, 0.3) is 0 Å². The highest BCUT2D eigenvalue weighted by Crippen LogP contribution is 2.53. The lowest BCUT2D eigenvalue weighted by molar-refractivity contribution is -0.110. The van der Waals surface area contributed by atoms with Crippen LogP contribution in [0.1, 0.15) is 47.0 Å². The standard InChI is InChI=1S/C18H26O/c1-6-7-12(2)16-10-13(3)17-11-15(19)8-9-18(17,5)14(16)4/h8-9,11-13,16H,4,6-7,10H2,1-3,5H3/t12?,13-,16?,18+/m0/s1. The zero-order valence-corrected chi connectivity index (χ0v) is 12.7. The molecule has 0 bridgehead atoms. The van der Waals surface area contributed by atoms with Crippen molar-refractivity contribution in [3.8, 4) is 0 Å². The van der Waals surface area contributed by atoms with E-state index in [0.717, 1.165) is 6.42 Å². The Kier molecular flexibility index (Phi) is 3.85. The van der Waals surface area contributed by atoms with Crippen molar-refractivity contribution in [1.82, 2.24) is 0 Å². The van der Waals surface area contributed by atoms with Gasteiger partial charge in [-0.25, -0.2) is 0 Å². The summed E-state index contributed by atoms with van der Waals surface area (Å²) in [5.74, 6) is 1.88. The van der Waals surface area contributed by atoms with Crippen molar-refractivity contribution >= 4 is 5.78 Å². The quantitative estimate of drug-likeness (QED) is 0.670. The van der Waals surface area contributed by atoms with Gasteiger partial charge in [0.15, 0.2) is 5.78 Å². The van der Waals surface area contributed by atoms with Gasteiger partial charge >= 0.3 is 0 Å². The molecule has 2 unspecified atom stereocenters. The zero-order valence-electron chi connectivity index (χ0n) is 12.7. The molecular formula is C18H26O. The van der Waals surface area contributed by atoms with Gasteiger partial charge in [0.1, 0.15) is 0 Å². The number of allylic oxidation sites excluding steroid dienone is 5. The summed E-state index contributed by atoms with van der Waals surface area (Å²) in [6, 6.07) is 0. The Morgan fingerprint density at radius 1 is 1.53 bits per heavy atom. The number of hydrogen-bond acceptors (Lipinski definition) is 1.